The van der Waals surface area contributed by atoms with Crippen LogP contribution in [-0.2, 0) is 6.54 Å². The van der Waals surface area contributed by atoms with Crippen molar-refractivity contribution in [1.29, 1.82) is 0 Å². The quantitative estimate of drug-likeness (QED) is 0.759. The first-order chi connectivity index (χ1) is 6.66. The zero-order valence-corrected chi connectivity index (χ0v) is 9.14. The van der Waals surface area contributed by atoms with Gasteiger partial charge in [0.2, 0.25) is 0 Å². The first-order valence-electron chi connectivity index (χ1n) is 4.80. The second-order valence-electron chi connectivity index (χ2n) is 3.80. The van der Waals surface area contributed by atoms with E-state index >= 15 is 0 Å². The number of benzene rings is 1. The summed E-state index contributed by atoms with van der Waals surface area (Å²) in [7, 11) is 0. The van der Waals surface area contributed by atoms with Gasteiger partial charge in [-0.05, 0) is 5.56 Å². The van der Waals surface area contributed by atoms with Gasteiger partial charge in [0.1, 0.15) is 0 Å². The molecule has 0 N–H and O–H groups in total. The zero-order chi connectivity index (χ0) is 10.0. The molecule has 0 unspecified atom stereocenters. The van der Waals surface area contributed by atoms with Crippen molar-refractivity contribution in [2.24, 2.45) is 0 Å². The summed E-state index contributed by atoms with van der Waals surface area (Å²) in [6.07, 6.45) is -0.000165. The standard InChI is InChI=1S/C11H13F2N.ClH/c12-11(13)6-7-14(9-11)8-10-4-2-1-3-5-10;/h1-5H,6-9H2;1H. The molecule has 1 heterocycles. The lowest BCUT2D eigenvalue weighted by Crippen LogP contribution is -2.24. The minimum atomic E-state index is -2.48. The molecule has 0 bridgehead atoms. The molecule has 15 heavy (non-hydrogen) atoms. The minimum absolute atomic E-state index is 0. The van der Waals surface area contributed by atoms with E-state index in [1.54, 1.807) is 4.90 Å². The molecule has 0 saturated carbocycles. The van der Waals surface area contributed by atoms with Gasteiger partial charge in [-0.1, -0.05) is 30.3 Å². The Morgan fingerprint density at radius 3 is 2.40 bits per heavy atom. The molecule has 4 heteroatoms. The van der Waals surface area contributed by atoms with E-state index in [2.05, 4.69) is 0 Å². The van der Waals surface area contributed by atoms with Gasteiger partial charge < -0.3 is 0 Å². The second kappa shape index (κ2) is 4.90. The van der Waals surface area contributed by atoms with Crippen molar-refractivity contribution in [3.8, 4) is 0 Å². The van der Waals surface area contributed by atoms with Crippen LogP contribution in [-0.4, -0.2) is 23.9 Å². The third-order valence-electron chi connectivity index (χ3n) is 2.50. The van der Waals surface area contributed by atoms with Crippen molar-refractivity contribution in [2.45, 2.75) is 18.9 Å². The molecule has 0 atom stereocenters. The summed E-state index contributed by atoms with van der Waals surface area (Å²) in [6, 6.07) is 9.74. The van der Waals surface area contributed by atoms with E-state index in [4.69, 9.17) is 0 Å². The van der Waals surface area contributed by atoms with Crippen LogP contribution in [0.2, 0.25) is 0 Å². The van der Waals surface area contributed by atoms with E-state index in [9.17, 15) is 8.78 Å². The number of likely N-dealkylation sites (tertiary alicyclic amines) is 1. The third-order valence-corrected chi connectivity index (χ3v) is 2.50. The lowest BCUT2D eigenvalue weighted by Gasteiger charge is -2.15. The number of rotatable bonds is 2. The summed E-state index contributed by atoms with van der Waals surface area (Å²) in [4.78, 5) is 1.80. The molecule has 1 fully saturated rings. The summed E-state index contributed by atoms with van der Waals surface area (Å²) in [6.45, 7) is 1.04. The SMILES string of the molecule is Cl.FC1(F)CCN(Cc2ccccc2)C1. The fourth-order valence-electron chi connectivity index (χ4n) is 1.78. The van der Waals surface area contributed by atoms with Crippen LogP contribution in [0.1, 0.15) is 12.0 Å². The summed E-state index contributed by atoms with van der Waals surface area (Å²) in [5, 5.41) is 0. The molecule has 2 rings (SSSR count). The van der Waals surface area contributed by atoms with Crippen LogP contribution in [0.5, 0.6) is 0 Å². The second-order valence-corrected chi connectivity index (χ2v) is 3.80. The highest BCUT2D eigenvalue weighted by molar-refractivity contribution is 5.85. The van der Waals surface area contributed by atoms with Gasteiger partial charge in [0, 0.05) is 19.5 Å². The van der Waals surface area contributed by atoms with Crippen molar-refractivity contribution in [1.82, 2.24) is 4.90 Å². The summed E-state index contributed by atoms with van der Waals surface area (Å²) < 4.78 is 25.7. The number of halogens is 3. The average molecular weight is 234 g/mol. The smallest absolute Gasteiger partial charge is 0.261 e. The highest BCUT2D eigenvalue weighted by atomic mass is 35.5. The Balaban J connectivity index is 0.00000112. The highest BCUT2D eigenvalue weighted by Crippen LogP contribution is 2.27. The third kappa shape index (κ3) is 3.43. The molecule has 0 aromatic heterocycles. The van der Waals surface area contributed by atoms with E-state index in [-0.39, 0.29) is 25.4 Å². The van der Waals surface area contributed by atoms with E-state index in [1.165, 1.54) is 0 Å². The van der Waals surface area contributed by atoms with E-state index in [0.29, 0.717) is 13.1 Å². The summed E-state index contributed by atoms with van der Waals surface area (Å²) >= 11 is 0. The molecule has 0 radical (unpaired) electrons. The van der Waals surface area contributed by atoms with Gasteiger partial charge >= 0.3 is 0 Å². The Morgan fingerprint density at radius 2 is 1.87 bits per heavy atom. The van der Waals surface area contributed by atoms with Crippen molar-refractivity contribution in [3.05, 3.63) is 35.9 Å². The molecule has 1 aromatic carbocycles. The van der Waals surface area contributed by atoms with E-state index < -0.39 is 5.92 Å². The van der Waals surface area contributed by atoms with Crippen LogP contribution in [0.25, 0.3) is 0 Å². The Hall–Kier alpha value is -0.670. The van der Waals surface area contributed by atoms with Crippen LogP contribution in [0, 0.1) is 0 Å². The van der Waals surface area contributed by atoms with Gasteiger partial charge in [0.05, 0.1) is 6.54 Å². The van der Waals surface area contributed by atoms with Crippen molar-refractivity contribution < 1.29 is 8.78 Å². The number of hydrogen-bond acceptors (Lipinski definition) is 1. The van der Waals surface area contributed by atoms with Gasteiger partial charge in [-0.2, -0.15) is 0 Å². The molecule has 84 valence electrons. The predicted molar refractivity (Wildman–Crippen MR) is 58.5 cm³/mol. The maximum absolute atomic E-state index is 12.9. The van der Waals surface area contributed by atoms with Gasteiger partial charge in [-0.25, -0.2) is 8.78 Å². The molecule has 1 aliphatic heterocycles. The zero-order valence-electron chi connectivity index (χ0n) is 8.33. The number of alkyl halides is 2. The number of nitrogens with zero attached hydrogens (tertiary/aromatic N) is 1. The molecule has 1 saturated heterocycles. The minimum Gasteiger partial charge on any atom is -0.293 e. The molecular weight excluding hydrogens is 220 g/mol. The fourth-order valence-corrected chi connectivity index (χ4v) is 1.78. The van der Waals surface area contributed by atoms with Crippen molar-refractivity contribution in [2.75, 3.05) is 13.1 Å². The molecule has 0 aliphatic carbocycles. The van der Waals surface area contributed by atoms with Crippen LogP contribution in [0.15, 0.2) is 30.3 Å². The Kier molecular flexibility index (Phi) is 4.05. The van der Waals surface area contributed by atoms with E-state index in [0.717, 1.165) is 5.56 Å². The largest absolute Gasteiger partial charge is 0.293 e. The van der Waals surface area contributed by atoms with Gasteiger partial charge in [0.15, 0.2) is 0 Å². The predicted octanol–water partition coefficient (Wildman–Crippen LogP) is 2.95. The van der Waals surface area contributed by atoms with Gasteiger partial charge in [0.25, 0.3) is 5.92 Å². The summed E-state index contributed by atoms with van der Waals surface area (Å²) in [5.74, 6) is -2.48. The first kappa shape index (κ1) is 12.4. The van der Waals surface area contributed by atoms with Crippen LogP contribution in [0.4, 0.5) is 8.78 Å². The molecular formula is C11H14ClF2N. The van der Waals surface area contributed by atoms with Crippen LogP contribution < -0.4 is 0 Å². The highest BCUT2D eigenvalue weighted by Gasteiger charge is 2.37. The fraction of sp³-hybridized carbons (Fsp3) is 0.455. The van der Waals surface area contributed by atoms with E-state index in [1.807, 2.05) is 30.3 Å². The van der Waals surface area contributed by atoms with Crippen LogP contribution >= 0.6 is 12.4 Å². The first-order valence-corrected chi connectivity index (χ1v) is 4.80. The maximum Gasteiger partial charge on any atom is 0.261 e. The number of hydrogen-bond donors (Lipinski definition) is 0. The molecule has 0 spiro atoms. The van der Waals surface area contributed by atoms with Crippen LogP contribution in [0.3, 0.4) is 0 Å². The topological polar surface area (TPSA) is 3.24 Å². The summed E-state index contributed by atoms with van der Waals surface area (Å²) in [5.41, 5.74) is 1.10. The monoisotopic (exact) mass is 233 g/mol. The maximum atomic E-state index is 12.9. The lowest BCUT2D eigenvalue weighted by molar-refractivity contribution is 0.0115. The van der Waals surface area contributed by atoms with Crippen molar-refractivity contribution >= 4 is 12.4 Å². The molecule has 1 nitrogen and oxygen atoms in total. The lowest BCUT2D eigenvalue weighted by atomic mass is 10.2. The average Bonchev–Trinajstić information content (AvgIpc) is 2.47. The molecule has 0 amide bonds. The molecule has 1 aliphatic rings. The molecule has 1 aromatic rings. The van der Waals surface area contributed by atoms with Crippen molar-refractivity contribution in [3.63, 3.8) is 0 Å². The normalized spacial score (nSPS) is 19.9. The Bertz CT molecular complexity index is 303. The Morgan fingerprint density at radius 1 is 1.20 bits per heavy atom. The van der Waals surface area contributed by atoms with Gasteiger partial charge in [-0.3, -0.25) is 4.90 Å². The van der Waals surface area contributed by atoms with Gasteiger partial charge in [-0.15, -0.1) is 12.4 Å². The Labute approximate surface area is 94.5 Å².